The molecule has 4 heteroatoms. The maximum absolute atomic E-state index is 5.77. The fourth-order valence-corrected chi connectivity index (χ4v) is 3.60. The van der Waals surface area contributed by atoms with Crippen molar-refractivity contribution in [2.24, 2.45) is 5.84 Å². The van der Waals surface area contributed by atoms with Gasteiger partial charge in [-0.3, -0.25) is 5.84 Å². The Hall–Kier alpha value is -1.36. The summed E-state index contributed by atoms with van der Waals surface area (Å²) >= 11 is 1.80. The van der Waals surface area contributed by atoms with Crippen molar-refractivity contribution in [2.75, 3.05) is 6.61 Å². The Kier molecular flexibility index (Phi) is 3.31. The van der Waals surface area contributed by atoms with E-state index < -0.39 is 0 Å². The van der Waals surface area contributed by atoms with E-state index in [1.807, 2.05) is 0 Å². The lowest BCUT2D eigenvalue weighted by Crippen LogP contribution is -2.28. The quantitative estimate of drug-likeness (QED) is 0.668. The smallest absolute Gasteiger partial charge is 0.122 e. The molecule has 2 heterocycles. The zero-order valence-corrected chi connectivity index (χ0v) is 12.0. The summed E-state index contributed by atoms with van der Waals surface area (Å²) in [5.74, 6) is 6.78. The molecule has 100 valence electrons. The van der Waals surface area contributed by atoms with E-state index in [4.69, 9.17) is 10.6 Å². The highest BCUT2D eigenvalue weighted by Crippen LogP contribution is 2.33. The van der Waals surface area contributed by atoms with Gasteiger partial charge < -0.3 is 4.74 Å². The van der Waals surface area contributed by atoms with Crippen molar-refractivity contribution >= 4 is 11.3 Å². The molecule has 0 radical (unpaired) electrons. The molecule has 0 spiro atoms. The van der Waals surface area contributed by atoms with E-state index in [9.17, 15) is 0 Å². The highest BCUT2D eigenvalue weighted by molar-refractivity contribution is 7.12. The number of benzene rings is 1. The summed E-state index contributed by atoms with van der Waals surface area (Å²) in [6.45, 7) is 5.07. The summed E-state index contributed by atoms with van der Waals surface area (Å²) in [6, 6.07) is 8.63. The van der Waals surface area contributed by atoms with Crippen molar-refractivity contribution in [3.8, 4) is 5.75 Å². The van der Waals surface area contributed by atoms with Crippen LogP contribution in [0.5, 0.6) is 5.75 Å². The van der Waals surface area contributed by atoms with Crippen LogP contribution >= 0.6 is 11.3 Å². The van der Waals surface area contributed by atoms with Gasteiger partial charge in [-0.2, -0.15) is 0 Å². The second kappa shape index (κ2) is 4.96. The molecule has 0 bridgehead atoms. The molecule has 0 saturated carbocycles. The molecule has 1 atom stereocenters. The third-order valence-electron chi connectivity index (χ3n) is 3.68. The van der Waals surface area contributed by atoms with Gasteiger partial charge in [-0.1, -0.05) is 6.07 Å². The third kappa shape index (κ3) is 2.27. The third-order valence-corrected chi connectivity index (χ3v) is 4.90. The van der Waals surface area contributed by atoms with Gasteiger partial charge in [0.1, 0.15) is 5.75 Å². The molecule has 19 heavy (non-hydrogen) atoms. The SMILES string of the molecule is Cc1cc(C(NN)c2ccc3c(c2)CCO3)sc1C. The van der Waals surface area contributed by atoms with Crippen LogP contribution < -0.4 is 16.0 Å². The van der Waals surface area contributed by atoms with E-state index in [0.29, 0.717) is 0 Å². The largest absolute Gasteiger partial charge is 0.493 e. The number of hydrogen-bond acceptors (Lipinski definition) is 4. The van der Waals surface area contributed by atoms with E-state index in [1.165, 1.54) is 26.4 Å². The van der Waals surface area contributed by atoms with Gasteiger partial charge in [0, 0.05) is 16.2 Å². The number of fused-ring (bicyclic) bond motifs is 1. The van der Waals surface area contributed by atoms with Crippen molar-refractivity contribution in [3.05, 3.63) is 50.7 Å². The van der Waals surface area contributed by atoms with E-state index in [-0.39, 0.29) is 6.04 Å². The summed E-state index contributed by atoms with van der Waals surface area (Å²) in [6.07, 6.45) is 0.989. The predicted molar refractivity (Wildman–Crippen MR) is 78.6 cm³/mol. The minimum atomic E-state index is 0.0586. The molecule has 3 N–H and O–H groups in total. The summed E-state index contributed by atoms with van der Waals surface area (Å²) in [7, 11) is 0. The van der Waals surface area contributed by atoms with Gasteiger partial charge in [0.25, 0.3) is 0 Å². The number of nitrogens with two attached hydrogens (primary N) is 1. The first-order valence-electron chi connectivity index (χ1n) is 6.47. The fraction of sp³-hybridized carbons (Fsp3) is 0.333. The number of hydrazine groups is 1. The second-order valence-electron chi connectivity index (χ2n) is 4.95. The van der Waals surface area contributed by atoms with Crippen LogP contribution in [-0.4, -0.2) is 6.61 Å². The number of ether oxygens (including phenoxy) is 1. The first-order valence-corrected chi connectivity index (χ1v) is 7.29. The molecule has 1 aromatic carbocycles. The number of nitrogens with one attached hydrogen (secondary N) is 1. The molecule has 0 amide bonds. The second-order valence-corrected chi connectivity index (χ2v) is 6.24. The van der Waals surface area contributed by atoms with Crippen LogP contribution in [0.1, 0.15) is 32.5 Å². The van der Waals surface area contributed by atoms with Gasteiger partial charge in [-0.25, -0.2) is 5.43 Å². The molecule has 1 aliphatic heterocycles. The van der Waals surface area contributed by atoms with Gasteiger partial charge >= 0.3 is 0 Å². The lowest BCUT2D eigenvalue weighted by atomic mass is 10.0. The molecular weight excluding hydrogens is 256 g/mol. The van der Waals surface area contributed by atoms with E-state index in [0.717, 1.165) is 18.8 Å². The molecular formula is C15H18N2OS. The lowest BCUT2D eigenvalue weighted by Gasteiger charge is -2.15. The average molecular weight is 274 g/mol. The van der Waals surface area contributed by atoms with Crippen LogP contribution in [0.3, 0.4) is 0 Å². The average Bonchev–Trinajstić information content (AvgIpc) is 2.98. The summed E-state index contributed by atoms with van der Waals surface area (Å²) in [4.78, 5) is 2.61. The Bertz CT molecular complexity index is 587. The van der Waals surface area contributed by atoms with Crippen LogP contribution in [0, 0.1) is 13.8 Å². The van der Waals surface area contributed by atoms with Crippen LogP contribution in [0.15, 0.2) is 24.3 Å². The van der Waals surface area contributed by atoms with Gasteiger partial charge in [0.05, 0.1) is 12.6 Å². The molecule has 2 aromatic rings. The first kappa shape index (κ1) is 12.7. The van der Waals surface area contributed by atoms with Gasteiger partial charge in [-0.05, 0) is 48.7 Å². The molecule has 0 saturated heterocycles. The van der Waals surface area contributed by atoms with Crippen LogP contribution in [0.25, 0.3) is 0 Å². The Labute approximate surface area is 117 Å². The Morgan fingerprint density at radius 3 is 2.84 bits per heavy atom. The maximum atomic E-state index is 5.77. The summed E-state index contributed by atoms with van der Waals surface area (Å²) in [5.41, 5.74) is 6.74. The van der Waals surface area contributed by atoms with Gasteiger partial charge in [0.2, 0.25) is 0 Å². The first-order chi connectivity index (χ1) is 9.19. The van der Waals surface area contributed by atoms with Crippen molar-refractivity contribution in [2.45, 2.75) is 26.3 Å². The molecule has 1 aliphatic rings. The standard InChI is InChI=1S/C15H18N2OS/c1-9-7-14(19-10(9)2)15(17-16)12-3-4-13-11(8-12)5-6-18-13/h3-4,7-8,15,17H,5-6,16H2,1-2H3. The summed E-state index contributed by atoms with van der Waals surface area (Å²) in [5, 5.41) is 0. The molecule has 0 aliphatic carbocycles. The molecule has 1 aromatic heterocycles. The number of hydrogen-bond donors (Lipinski definition) is 2. The minimum Gasteiger partial charge on any atom is -0.493 e. The van der Waals surface area contributed by atoms with Crippen molar-refractivity contribution in [1.82, 2.24) is 5.43 Å². The zero-order chi connectivity index (χ0) is 13.4. The van der Waals surface area contributed by atoms with Crippen molar-refractivity contribution in [1.29, 1.82) is 0 Å². The topological polar surface area (TPSA) is 47.3 Å². The lowest BCUT2D eigenvalue weighted by molar-refractivity contribution is 0.357. The van der Waals surface area contributed by atoms with E-state index in [1.54, 1.807) is 11.3 Å². The summed E-state index contributed by atoms with van der Waals surface area (Å²) < 4.78 is 5.55. The van der Waals surface area contributed by atoms with Crippen LogP contribution in [-0.2, 0) is 6.42 Å². The van der Waals surface area contributed by atoms with Crippen molar-refractivity contribution in [3.63, 3.8) is 0 Å². The normalized spacial score (nSPS) is 15.1. The molecule has 1 unspecified atom stereocenters. The van der Waals surface area contributed by atoms with Crippen molar-refractivity contribution < 1.29 is 4.74 Å². The maximum Gasteiger partial charge on any atom is 0.122 e. The van der Waals surface area contributed by atoms with E-state index >= 15 is 0 Å². The number of thiophene rings is 1. The predicted octanol–water partition coefficient (Wildman–Crippen LogP) is 2.85. The molecule has 3 rings (SSSR count). The minimum absolute atomic E-state index is 0.0586. The Balaban J connectivity index is 1.98. The number of aryl methyl sites for hydroxylation is 2. The zero-order valence-electron chi connectivity index (χ0n) is 11.2. The number of rotatable bonds is 3. The van der Waals surface area contributed by atoms with Gasteiger partial charge in [0.15, 0.2) is 0 Å². The highest BCUT2D eigenvalue weighted by atomic mass is 32.1. The fourth-order valence-electron chi connectivity index (χ4n) is 2.47. The van der Waals surface area contributed by atoms with E-state index in [2.05, 4.69) is 43.5 Å². The Morgan fingerprint density at radius 2 is 2.16 bits per heavy atom. The molecule has 0 fully saturated rings. The Morgan fingerprint density at radius 1 is 1.32 bits per heavy atom. The van der Waals surface area contributed by atoms with Gasteiger partial charge in [-0.15, -0.1) is 11.3 Å². The monoisotopic (exact) mass is 274 g/mol. The van der Waals surface area contributed by atoms with Crippen LogP contribution in [0.2, 0.25) is 0 Å². The molecule has 3 nitrogen and oxygen atoms in total. The van der Waals surface area contributed by atoms with Crippen LogP contribution in [0.4, 0.5) is 0 Å². The highest BCUT2D eigenvalue weighted by Gasteiger charge is 2.19.